The maximum atomic E-state index is 5.53. The minimum atomic E-state index is 0.765. The quantitative estimate of drug-likeness (QED) is 0.739. The van der Waals surface area contributed by atoms with Gasteiger partial charge in [-0.05, 0) is 81.6 Å². The first-order valence-corrected chi connectivity index (χ1v) is 9.51. The van der Waals surface area contributed by atoms with E-state index < -0.39 is 0 Å². The van der Waals surface area contributed by atoms with Crippen LogP contribution in [0.5, 0.6) is 0 Å². The number of hydrogen-bond acceptors (Lipinski definition) is 2. The Morgan fingerprint density at radius 3 is 2.14 bits per heavy atom. The summed E-state index contributed by atoms with van der Waals surface area (Å²) in [5, 5.41) is 3.89. The maximum absolute atomic E-state index is 5.53. The van der Waals surface area contributed by atoms with Crippen molar-refractivity contribution in [2.45, 2.75) is 78.2 Å². The molecule has 1 aliphatic heterocycles. The number of rotatable bonds is 7. The van der Waals surface area contributed by atoms with E-state index >= 15 is 0 Å². The summed E-state index contributed by atoms with van der Waals surface area (Å²) in [7, 11) is 0. The van der Waals surface area contributed by atoms with Gasteiger partial charge in [-0.1, -0.05) is 20.8 Å². The molecule has 0 amide bonds. The molecular formula is C19H37NO. The highest BCUT2D eigenvalue weighted by molar-refractivity contribution is 4.85. The third-order valence-electron chi connectivity index (χ3n) is 5.91. The van der Waals surface area contributed by atoms with Crippen molar-refractivity contribution in [3.8, 4) is 0 Å². The first-order chi connectivity index (χ1) is 10.2. The predicted molar refractivity (Wildman–Crippen MR) is 90.5 cm³/mol. The highest BCUT2D eigenvalue weighted by Gasteiger charge is 2.30. The van der Waals surface area contributed by atoms with E-state index in [9.17, 15) is 0 Å². The van der Waals surface area contributed by atoms with Crippen LogP contribution in [0.4, 0.5) is 0 Å². The topological polar surface area (TPSA) is 21.3 Å². The van der Waals surface area contributed by atoms with E-state index in [0.29, 0.717) is 0 Å². The average molecular weight is 296 g/mol. The van der Waals surface area contributed by atoms with Gasteiger partial charge in [-0.2, -0.15) is 0 Å². The van der Waals surface area contributed by atoms with Crippen LogP contribution in [0, 0.1) is 23.7 Å². The molecule has 0 spiro atoms. The van der Waals surface area contributed by atoms with Crippen LogP contribution in [0.2, 0.25) is 0 Å². The number of ether oxygens (including phenoxy) is 1. The molecule has 0 aromatic carbocycles. The fraction of sp³-hybridized carbons (Fsp3) is 1.00. The van der Waals surface area contributed by atoms with Gasteiger partial charge in [0.05, 0.1) is 0 Å². The zero-order valence-electron chi connectivity index (χ0n) is 14.6. The van der Waals surface area contributed by atoms with Crippen molar-refractivity contribution in [2.24, 2.45) is 23.7 Å². The third-order valence-corrected chi connectivity index (χ3v) is 5.91. The Bertz CT molecular complexity index is 265. The van der Waals surface area contributed by atoms with Gasteiger partial charge in [0.25, 0.3) is 0 Å². The van der Waals surface area contributed by atoms with Gasteiger partial charge < -0.3 is 10.1 Å². The van der Waals surface area contributed by atoms with Gasteiger partial charge in [0.1, 0.15) is 0 Å². The van der Waals surface area contributed by atoms with E-state index in [4.69, 9.17) is 4.74 Å². The van der Waals surface area contributed by atoms with Gasteiger partial charge in [-0.3, -0.25) is 0 Å². The summed E-state index contributed by atoms with van der Waals surface area (Å²) in [6.07, 6.45) is 11.0. The Morgan fingerprint density at radius 2 is 1.57 bits per heavy atom. The summed E-state index contributed by atoms with van der Waals surface area (Å²) in [5.74, 6) is 3.69. The highest BCUT2D eigenvalue weighted by Crippen LogP contribution is 2.36. The molecular weight excluding hydrogens is 258 g/mol. The standard InChI is InChI=1S/C19H37NO/c1-4-11-20-19(14-16-9-12-21-13-10-16)18-7-5-17(6-8-18)15(2)3/h15-20H,4-14H2,1-3H3. The molecule has 21 heavy (non-hydrogen) atoms. The molecule has 0 aromatic heterocycles. The molecule has 1 heterocycles. The highest BCUT2D eigenvalue weighted by atomic mass is 16.5. The summed E-state index contributed by atoms with van der Waals surface area (Å²) >= 11 is 0. The molecule has 2 heteroatoms. The van der Waals surface area contributed by atoms with Gasteiger partial charge >= 0.3 is 0 Å². The summed E-state index contributed by atoms with van der Waals surface area (Å²) in [5.41, 5.74) is 0. The van der Waals surface area contributed by atoms with E-state index in [2.05, 4.69) is 26.1 Å². The van der Waals surface area contributed by atoms with E-state index in [1.165, 1.54) is 57.9 Å². The Balaban J connectivity index is 1.83. The van der Waals surface area contributed by atoms with Crippen LogP contribution in [0.3, 0.4) is 0 Å². The van der Waals surface area contributed by atoms with Crippen molar-refractivity contribution in [3.63, 3.8) is 0 Å². The van der Waals surface area contributed by atoms with Crippen LogP contribution in [0.25, 0.3) is 0 Å². The minimum Gasteiger partial charge on any atom is -0.381 e. The Morgan fingerprint density at radius 1 is 0.952 bits per heavy atom. The zero-order chi connectivity index (χ0) is 15.1. The number of nitrogens with one attached hydrogen (secondary N) is 1. The summed E-state index contributed by atoms with van der Waals surface area (Å²) in [4.78, 5) is 0. The Labute approximate surface area is 132 Å². The van der Waals surface area contributed by atoms with Crippen molar-refractivity contribution in [3.05, 3.63) is 0 Å². The SMILES string of the molecule is CCCNC(CC1CCOCC1)C1CCC(C(C)C)CC1. The Kier molecular flexibility index (Phi) is 7.53. The lowest BCUT2D eigenvalue weighted by Gasteiger charge is -2.38. The van der Waals surface area contributed by atoms with E-state index in [1.54, 1.807) is 0 Å². The molecule has 1 saturated heterocycles. The predicted octanol–water partition coefficient (Wildman–Crippen LogP) is 4.63. The van der Waals surface area contributed by atoms with Crippen molar-refractivity contribution in [1.29, 1.82) is 0 Å². The molecule has 0 bridgehead atoms. The van der Waals surface area contributed by atoms with Crippen LogP contribution in [0.1, 0.15) is 72.1 Å². The van der Waals surface area contributed by atoms with Gasteiger partial charge in [0, 0.05) is 19.3 Å². The molecule has 1 aliphatic carbocycles. The maximum Gasteiger partial charge on any atom is 0.0468 e. The molecule has 1 N–H and O–H groups in total. The van der Waals surface area contributed by atoms with Gasteiger partial charge in [-0.25, -0.2) is 0 Å². The smallest absolute Gasteiger partial charge is 0.0468 e. The molecule has 2 rings (SSSR count). The first kappa shape index (κ1) is 17.3. The Hall–Kier alpha value is -0.0800. The average Bonchev–Trinajstić information content (AvgIpc) is 2.52. The second-order valence-electron chi connectivity index (χ2n) is 7.77. The van der Waals surface area contributed by atoms with Crippen LogP contribution >= 0.6 is 0 Å². The fourth-order valence-corrected chi connectivity index (χ4v) is 4.33. The van der Waals surface area contributed by atoms with Crippen LogP contribution in [-0.4, -0.2) is 25.8 Å². The first-order valence-electron chi connectivity index (χ1n) is 9.51. The lowest BCUT2D eigenvalue weighted by atomic mass is 9.72. The van der Waals surface area contributed by atoms with Gasteiger partial charge in [0.15, 0.2) is 0 Å². The molecule has 2 fully saturated rings. The van der Waals surface area contributed by atoms with Crippen molar-refractivity contribution in [1.82, 2.24) is 5.32 Å². The summed E-state index contributed by atoms with van der Waals surface area (Å²) in [6, 6.07) is 0.765. The van der Waals surface area contributed by atoms with Crippen molar-refractivity contribution >= 4 is 0 Å². The lowest BCUT2D eigenvalue weighted by molar-refractivity contribution is 0.0551. The normalized spacial score (nSPS) is 29.7. The largest absolute Gasteiger partial charge is 0.381 e. The second-order valence-corrected chi connectivity index (χ2v) is 7.77. The zero-order valence-corrected chi connectivity index (χ0v) is 14.6. The van der Waals surface area contributed by atoms with Gasteiger partial charge in [0.2, 0.25) is 0 Å². The summed E-state index contributed by atoms with van der Waals surface area (Å²) in [6.45, 7) is 10.3. The number of hydrogen-bond donors (Lipinski definition) is 1. The van der Waals surface area contributed by atoms with E-state index in [0.717, 1.165) is 42.9 Å². The molecule has 0 aromatic rings. The minimum absolute atomic E-state index is 0.765. The molecule has 2 aliphatic rings. The molecule has 1 unspecified atom stereocenters. The van der Waals surface area contributed by atoms with Crippen molar-refractivity contribution in [2.75, 3.05) is 19.8 Å². The van der Waals surface area contributed by atoms with Crippen LogP contribution < -0.4 is 5.32 Å². The molecule has 2 nitrogen and oxygen atoms in total. The molecule has 0 radical (unpaired) electrons. The van der Waals surface area contributed by atoms with Crippen molar-refractivity contribution < 1.29 is 4.74 Å². The fourth-order valence-electron chi connectivity index (χ4n) is 4.33. The molecule has 124 valence electrons. The third kappa shape index (κ3) is 5.56. The molecule has 1 saturated carbocycles. The monoisotopic (exact) mass is 295 g/mol. The second kappa shape index (κ2) is 9.15. The van der Waals surface area contributed by atoms with Gasteiger partial charge in [-0.15, -0.1) is 0 Å². The van der Waals surface area contributed by atoms with E-state index in [-0.39, 0.29) is 0 Å². The summed E-state index contributed by atoms with van der Waals surface area (Å²) < 4.78 is 5.53. The van der Waals surface area contributed by atoms with E-state index in [1.807, 2.05) is 0 Å². The molecule has 1 atom stereocenters. The van der Waals surface area contributed by atoms with Crippen LogP contribution in [0.15, 0.2) is 0 Å². The lowest BCUT2D eigenvalue weighted by Crippen LogP contribution is -2.41. The van der Waals surface area contributed by atoms with Crippen LogP contribution in [-0.2, 0) is 4.74 Å².